The van der Waals surface area contributed by atoms with Gasteiger partial charge in [-0.3, -0.25) is 0 Å². The van der Waals surface area contributed by atoms with Crippen molar-refractivity contribution in [3.05, 3.63) is 29.8 Å². The van der Waals surface area contributed by atoms with Crippen molar-refractivity contribution in [2.75, 3.05) is 6.61 Å². The number of carbonyl (C=O) groups is 1. The van der Waals surface area contributed by atoms with Crippen molar-refractivity contribution in [1.29, 1.82) is 0 Å². The molecule has 0 atom stereocenters. The molecule has 0 fully saturated rings. The summed E-state index contributed by atoms with van der Waals surface area (Å²) in [7, 11) is 0. The van der Waals surface area contributed by atoms with Gasteiger partial charge < -0.3 is 9.84 Å². The molecule has 1 rings (SSSR count). The summed E-state index contributed by atoms with van der Waals surface area (Å²) in [5.74, 6) is 0.301. The van der Waals surface area contributed by atoms with Gasteiger partial charge in [0.15, 0.2) is 0 Å². The Morgan fingerprint density at radius 2 is 1.72 bits per heavy atom. The van der Waals surface area contributed by atoms with E-state index in [1.165, 1.54) is 12.1 Å². The lowest BCUT2D eigenvalue weighted by Crippen LogP contribution is -2.14. The van der Waals surface area contributed by atoms with Crippen LogP contribution in [-0.4, -0.2) is 17.7 Å². The van der Waals surface area contributed by atoms with Crippen molar-refractivity contribution in [1.82, 2.24) is 0 Å². The number of phenolic OH excluding ortho intramolecular Hbond substituents is 1. The normalized spacial score (nSPS) is 10.6. The van der Waals surface area contributed by atoms with Gasteiger partial charge in [-0.05, 0) is 43.0 Å². The highest BCUT2D eigenvalue weighted by atomic mass is 16.5. The molecule has 1 aromatic carbocycles. The first-order valence-corrected chi connectivity index (χ1v) is 6.63. The number of esters is 1. The van der Waals surface area contributed by atoms with E-state index in [-0.39, 0.29) is 11.7 Å². The lowest BCUT2D eigenvalue weighted by molar-refractivity contribution is 0.0425. The van der Waals surface area contributed by atoms with Crippen molar-refractivity contribution >= 4 is 5.97 Å². The summed E-state index contributed by atoms with van der Waals surface area (Å²) >= 11 is 0. The molecule has 0 aromatic heterocycles. The topological polar surface area (TPSA) is 46.5 Å². The highest BCUT2D eigenvalue weighted by molar-refractivity contribution is 5.89. The van der Waals surface area contributed by atoms with Crippen LogP contribution < -0.4 is 0 Å². The molecule has 0 saturated heterocycles. The number of carbonyl (C=O) groups excluding carboxylic acids is 1. The van der Waals surface area contributed by atoms with Crippen LogP contribution in [0.1, 0.15) is 49.9 Å². The van der Waals surface area contributed by atoms with Gasteiger partial charge >= 0.3 is 5.97 Å². The van der Waals surface area contributed by atoms with E-state index < -0.39 is 0 Å². The molecule has 3 nitrogen and oxygen atoms in total. The number of hydrogen-bond acceptors (Lipinski definition) is 3. The molecular formula is C15H22O3. The first-order chi connectivity index (χ1) is 8.67. The minimum absolute atomic E-state index is 0.154. The quantitative estimate of drug-likeness (QED) is 0.749. The second-order valence-electron chi connectivity index (χ2n) is 4.59. The van der Waals surface area contributed by atoms with Crippen LogP contribution >= 0.6 is 0 Å². The molecule has 0 aliphatic rings. The summed E-state index contributed by atoms with van der Waals surface area (Å²) in [5, 5.41) is 9.14. The van der Waals surface area contributed by atoms with Crippen LogP contribution in [0.2, 0.25) is 0 Å². The van der Waals surface area contributed by atoms with E-state index in [0.29, 0.717) is 18.1 Å². The van der Waals surface area contributed by atoms with E-state index in [9.17, 15) is 4.79 Å². The minimum Gasteiger partial charge on any atom is -0.508 e. The van der Waals surface area contributed by atoms with Crippen molar-refractivity contribution in [3.8, 4) is 5.75 Å². The van der Waals surface area contributed by atoms with Gasteiger partial charge in [-0.25, -0.2) is 4.79 Å². The third-order valence-corrected chi connectivity index (χ3v) is 2.95. The zero-order valence-electron chi connectivity index (χ0n) is 11.2. The van der Waals surface area contributed by atoms with Crippen molar-refractivity contribution in [2.45, 2.75) is 39.5 Å². The van der Waals surface area contributed by atoms with Gasteiger partial charge in [0.2, 0.25) is 0 Å². The van der Waals surface area contributed by atoms with Gasteiger partial charge in [0, 0.05) is 0 Å². The van der Waals surface area contributed by atoms with E-state index in [0.717, 1.165) is 25.7 Å². The summed E-state index contributed by atoms with van der Waals surface area (Å²) in [6.07, 6.45) is 4.41. The molecule has 100 valence electrons. The molecule has 0 aliphatic carbocycles. The van der Waals surface area contributed by atoms with Crippen LogP contribution in [0.25, 0.3) is 0 Å². The number of phenols is 1. The van der Waals surface area contributed by atoms with Crippen LogP contribution in [0.3, 0.4) is 0 Å². The average molecular weight is 250 g/mol. The summed E-state index contributed by atoms with van der Waals surface area (Å²) < 4.78 is 5.31. The SMILES string of the molecule is CCCC(CCC)COC(=O)c1ccc(O)cc1. The van der Waals surface area contributed by atoms with E-state index in [2.05, 4.69) is 13.8 Å². The Bertz CT molecular complexity index is 351. The summed E-state index contributed by atoms with van der Waals surface area (Å²) in [5.41, 5.74) is 0.486. The minimum atomic E-state index is -0.313. The summed E-state index contributed by atoms with van der Waals surface area (Å²) in [6.45, 7) is 4.77. The zero-order chi connectivity index (χ0) is 13.4. The van der Waals surface area contributed by atoms with Crippen LogP contribution in [0.4, 0.5) is 0 Å². The third-order valence-electron chi connectivity index (χ3n) is 2.95. The molecule has 0 bridgehead atoms. The van der Waals surface area contributed by atoms with Crippen LogP contribution in [0, 0.1) is 5.92 Å². The molecule has 0 aliphatic heterocycles. The van der Waals surface area contributed by atoms with Crippen molar-refractivity contribution in [3.63, 3.8) is 0 Å². The Balaban J connectivity index is 2.46. The number of rotatable bonds is 7. The van der Waals surface area contributed by atoms with Gasteiger partial charge in [-0.2, -0.15) is 0 Å². The Morgan fingerprint density at radius 3 is 2.22 bits per heavy atom. The molecule has 0 spiro atoms. The lowest BCUT2D eigenvalue weighted by atomic mass is 9.99. The molecule has 3 heteroatoms. The molecule has 0 saturated carbocycles. The second kappa shape index (κ2) is 7.75. The van der Waals surface area contributed by atoms with E-state index in [4.69, 9.17) is 9.84 Å². The molecule has 1 N–H and O–H groups in total. The maximum atomic E-state index is 11.8. The summed E-state index contributed by atoms with van der Waals surface area (Å²) in [6, 6.07) is 6.14. The Labute approximate surface area is 109 Å². The Morgan fingerprint density at radius 1 is 1.17 bits per heavy atom. The predicted molar refractivity (Wildman–Crippen MR) is 71.7 cm³/mol. The first-order valence-electron chi connectivity index (χ1n) is 6.63. The van der Waals surface area contributed by atoms with Gasteiger partial charge in [-0.15, -0.1) is 0 Å². The highest BCUT2D eigenvalue weighted by Gasteiger charge is 2.12. The first kappa shape index (κ1) is 14.6. The lowest BCUT2D eigenvalue weighted by Gasteiger charge is -2.15. The maximum Gasteiger partial charge on any atom is 0.338 e. The number of ether oxygens (including phenoxy) is 1. The predicted octanol–water partition coefficient (Wildman–Crippen LogP) is 3.77. The largest absolute Gasteiger partial charge is 0.508 e. The Hall–Kier alpha value is -1.51. The maximum absolute atomic E-state index is 11.8. The zero-order valence-corrected chi connectivity index (χ0v) is 11.2. The molecule has 0 heterocycles. The fourth-order valence-corrected chi connectivity index (χ4v) is 2.00. The number of benzene rings is 1. The molecule has 0 amide bonds. The fraction of sp³-hybridized carbons (Fsp3) is 0.533. The highest BCUT2D eigenvalue weighted by Crippen LogP contribution is 2.15. The van der Waals surface area contributed by atoms with E-state index >= 15 is 0 Å². The van der Waals surface area contributed by atoms with Crippen LogP contribution in [0.5, 0.6) is 5.75 Å². The number of aromatic hydroxyl groups is 1. The Kier molecular flexibility index (Phi) is 6.26. The van der Waals surface area contributed by atoms with Gasteiger partial charge in [0.25, 0.3) is 0 Å². The van der Waals surface area contributed by atoms with Crippen LogP contribution in [-0.2, 0) is 4.74 Å². The van der Waals surface area contributed by atoms with Gasteiger partial charge in [0.05, 0.1) is 12.2 Å². The average Bonchev–Trinajstić information content (AvgIpc) is 2.37. The third kappa shape index (κ3) is 4.78. The van der Waals surface area contributed by atoms with Crippen LogP contribution in [0.15, 0.2) is 24.3 Å². The van der Waals surface area contributed by atoms with E-state index in [1.54, 1.807) is 12.1 Å². The molecule has 1 aromatic rings. The standard InChI is InChI=1S/C15H22O3/c1-3-5-12(6-4-2)11-18-15(17)13-7-9-14(16)10-8-13/h7-10,12,16H,3-6,11H2,1-2H3. The summed E-state index contributed by atoms with van der Waals surface area (Å²) in [4.78, 5) is 11.8. The van der Waals surface area contributed by atoms with Gasteiger partial charge in [0.1, 0.15) is 5.75 Å². The van der Waals surface area contributed by atoms with Gasteiger partial charge in [-0.1, -0.05) is 26.7 Å². The number of hydrogen-bond donors (Lipinski definition) is 1. The smallest absolute Gasteiger partial charge is 0.338 e. The van der Waals surface area contributed by atoms with Crippen molar-refractivity contribution < 1.29 is 14.6 Å². The fourth-order valence-electron chi connectivity index (χ4n) is 2.00. The molecule has 0 radical (unpaired) electrons. The molecule has 0 unspecified atom stereocenters. The van der Waals surface area contributed by atoms with Crippen molar-refractivity contribution in [2.24, 2.45) is 5.92 Å². The van der Waals surface area contributed by atoms with E-state index in [1.807, 2.05) is 0 Å². The molecule has 18 heavy (non-hydrogen) atoms. The second-order valence-corrected chi connectivity index (χ2v) is 4.59. The monoisotopic (exact) mass is 250 g/mol. The molecular weight excluding hydrogens is 228 g/mol.